The predicted octanol–water partition coefficient (Wildman–Crippen LogP) is 3.92. The molecule has 0 spiro atoms. The van der Waals surface area contributed by atoms with Gasteiger partial charge in [-0.3, -0.25) is 0 Å². The molecule has 0 amide bonds. The van der Waals surface area contributed by atoms with Gasteiger partial charge in [-0.1, -0.05) is 41.8 Å². The maximum absolute atomic E-state index is 5.88. The van der Waals surface area contributed by atoms with Crippen LogP contribution in [0.3, 0.4) is 0 Å². The second-order valence-corrected chi connectivity index (χ2v) is 6.02. The summed E-state index contributed by atoms with van der Waals surface area (Å²) < 4.78 is 1.14. The van der Waals surface area contributed by atoms with Crippen LogP contribution in [0, 0.1) is 5.92 Å². The van der Waals surface area contributed by atoms with E-state index in [9.17, 15) is 0 Å². The van der Waals surface area contributed by atoms with Gasteiger partial charge in [0.15, 0.2) is 0 Å². The zero-order chi connectivity index (χ0) is 13.0. The van der Waals surface area contributed by atoms with Crippen molar-refractivity contribution in [2.75, 3.05) is 18.0 Å². The van der Waals surface area contributed by atoms with Crippen LogP contribution in [0.1, 0.15) is 38.2 Å². The van der Waals surface area contributed by atoms with E-state index in [1.165, 1.54) is 50.0 Å². The van der Waals surface area contributed by atoms with Crippen molar-refractivity contribution in [3.8, 4) is 0 Å². The minimum absolute atomic E-state index is 0.603. The number of benzene rings is 1. The third kappa shape index (κ3) is 3.07. The minimum Gasteiger partial charge on any atom is -0.371 e. The number of anilines is 1. The number of rotatable bonds is 4. The van der Waals surface area contributed by atoms with E-state index >= 15 is 0 Å². The summed E-state index contributed by atoms with van der Waals surface area (Å²) >= 11 is 3.60. The quantitative estimate of drug-likeness (QED) is 0.913. The second kappa shape index (κ2) is 6.58. The van der Waals surface area contributed by atoms with E-state index in [0.717, 1.165) is 10.4 Å². The molecule has 1 fully saturated rings. The van der Waals surface area contributed by atoms with Crippen molar-refractivity contribution in [2.24, 2.45) is 11.7 Å². The van der Waals surface area contributed by atoms with Gasteiger partial charge in [0.25, 0.3) is 0 Å². The third-order valence-electron chi connectivity index (χ3n) is 3.95. The van der Waals surface area contributed by atoms with Crippen LogP contribution in [0.2, 0.25) is 0 Å². The first kappa shape index (κ1) is 13.9. The van der Waals surface area contributed by atoms with Crippen LogP contribution in [0.25, 0.3) is 0 Å². The normalized spacial score (nSPS) is 17.2. The van der Waals surface area contributed by atoms with Crippen molar-refractivity contribution in [2.45, 2.75) is 39.2 Å². The van der Waals surface area contributed by atoms with E-state index in [2.05, 4.69) is 46.0 Å². The molecule has 2 nitrogen and oxygen atoms in total. The largest absolute Gasteiger partial charge is 0.371 e. The van der Waals surface area contributed by atoms with Crippen LogP contribution >= 0.6 is 15.9 Å². The summed E-state index contributed by atoms with van der Waals surface area (Å²) in [4.78, 5) is 2.50. The van der Waals surface area contributed by atoms with Crippen molar-refractivity contribution < 1.29 is 0 Å². The molecule has 3 heteroatoms. The molecule has 2 rings (SSSR count). The highest BCUT2D eigenvalue weighted by molar-refractivity contribution is 9.10. The summed E-state index contributed by atoms with van der Waals surface area (Å²) in [6.07, 6.45) is 5.35. The van der Waals surface area contributed by atoms with Gasteiger partial charge in [0.2, 0.25) is 0 Å². The lowest BCUT2D eigenvalue weighted by molar-refractivity contribution is 0.378. The Morgan fingerprint density at radius 1 is 1.33 bits per heavy atom. The van der Waals surface area contributed by atoms with Crippen LogP contribution in [-0.2, 0) is 6.54 Å². The molecular weight excluding hydrogens is 288 g/mol. The number of nitrogens with two attached hydrogens (primary N) is 1. The van der Waals surface area contributed by atoms with Gasteiger partial charge in [-0.05, 0) is 30.9 Å². The fourth-order valence-corrected chi connectivity index (χ4v) is 3.43. The number of halogens is 1. The van der Waals surface area contributed by atoms with Gasteiger partial charge in [0.1, 0.15) is 0 Å². The highest BCUT2D eigenvalue weighted by Crippen LogP contribution is 2.31. The SMILES string of the molecule is CCCC1CCN(c2cccc(Br)c2CN)CC1. The van der Waals surface area contributed by atoms with Gasteiger partial charge in [-0.25, -0.2) is 0 Å². The van der Waals surface area contributed by atoms with Gasteiger partial charge in [-0.2, -0.15) is 0 Å². The van der Waals surface area contributed by atoms with Gasteiger partial charge in [0, 0.05) is 35.4 Å². The molecule has 1 aliphatic heterocycles. The Hall–Kier alpha value is -0.540. The first-order valence-corrected chi connectivity index (χ1v) is 7.78. The third-order valence-corrected chi connectivity index (χ3v) is 4.69. The summed E-state index contributed by atoms with van der Waals surface area (Å²) in [5, 5.41) is 0. The molecule has 1 aliphatic rings. The summed E-state index contributed by atoms with van der Waals surface area (Å²) in [6.45, 7) is 5.24. The standard InChI is InChI=1S/C15H23BrN2/c1-2-4-12-7-9-18(10-8-12)15-6-3-5-14(16)13(15)11-17/h3,5-6,12H,2,4,7-11,17H2,1H3. The Morgan fingerprint density at radius 2 is 2.06 bits per heavy atom. The molecule has 0 bridgehead atoms. The molecule has 0 aliphatic carbocycles. The second-order valence-electron chi connectivity index (χ2n) is 5.16. The maximum atomic E-state index is 5.88. The molecule has 0 radical (unpaired) electrons. The maximum Gasteiger partial charge on any atom is 0.0423 e. The Kier molecular flexibility index (Phi) is 5.07. The first-order chi connectivity index (χ1) is 8.76. The molecule has 1 heterocycles. The lowest BCUT2D eigenvalue weighted by Crippen LogP contribution is -2.34. The number of hydrogen-bond donors (Lipinski definition) is 1. The Morgan fingerprint density at radius 3 is 2.67 bits per heavy atom. The highest BCUT2D eigenvalue weighted by Gasteiger charge is 2.20. The fourth-order valence-electron chi connectivity index (χ4n) is 2.92. The summed E-state index contributed by atoms with van der Waals surface area (Å²) in [5.41, 5.74) is 8.44. The molecule has 0 saturated carbocycles. The molecule has 0 unspecified atom stereocenters. The fraction of sp³-hybridized carbons (Fsp3) is 0.600. The Balaban J connectivity index is 2.07. The molecule has 1 aromatic carbocycles. The molecule has 0 atom stereocenters. The highest BCUT2D eigenvalue weighted by atomic mass is 79.9. The Labute approximate surface area is 119 Å². The zero-order valence-electron chi connectivity index (χ0n) is 11.2. The van der Waals surface area contributed by atoms with Crippen LogP contribution in [0.5, 0.6) is 0 Å². The van der Waals surface area contributed by atoms with Gasteiger partial charge >= 0.3 is 0 Å². The van der Waals surface area contributed by atoms with Crippen molar-refractivity contribution in [1.29, 1.82) is 0 Å². The van der Waals surface area contributed by atoms with Crippen molar-refractivity contribution in [1.82, 2.24) is 0 Å². The molecule has 2 N–H and O–H groups in total. The molecular formula is C15H23BrN2. The lowest BCUT2D eigenvalue weighted by Gasteiger charge is -2.35. The monoisotopic (exact) mass is 310 g/mol. The van der Waals surface area contributed by atoms with Gasteiger partial charge < -0.3 is 10.6 Å². The molecule has 1 aromatic rings. The average Bonchev–Trinajstić information content (AvgIpc) is 2.40. The van der Waals surface area contributed by atoms with Crippen molar-refractivity contribution >= 4 is 21.6 Å². The number of piperidine rings is 1. The van der Waals surface area contributed by atoms with Crippen LogP contribution in [0.15, 0.2) is 22.7 Å². The lowest BCUT2D eigenvalue weighted by atomic mass is 9.92. The van der Waals surface area contributed by atoms with E-state index in [1.807, 2.05) is 0 Å². The summed E-state index contributed by atoms with van der Waals surface area (Å²) in [5.74, 6) is 0.930. The van der Waals surface area contributed by atoms with E-state index in [-0.39, 0.29) is 0 Å². The smallest absolute Gasteiger partial charge is 0.0423 e. The predicted molar refractivity (Wildman–Crippen MR) is 81.9 cm³/mol. The topological polar surface area (TPSA) is 29.3 Å². The summed E-state index contributed by atoms with van der Waals surface area (Å²) in [6, 6.07) is 6.39. The minimum atomic E-state index is 0.603. The first-order valence-electron chi connectivity index (χ1n) is 6.98. The van der Waals surface area contributed by atoms with E-state index in [4.69, 9.17) is 5.73 Å². The van der Waals surface area contributed by atoms with E-state index in [1.54, 1.807) is 0 Å². The summed E-state index contributed by atoms with van der Waals surface area (Å²) in [7, 11) is 0. The Bertz CT molecular complexity index is 384. The van der Waals surface area contributed by atoms with Crippen LogP contribution in [0.4, 0.5) is 5.69 Å². The van der Waals surface area contributed by atoms with E-state index < -0.39 is 0 Å². The zero-order valence-corrected chi connectivity index (χ0v) is 12.7. The van der Waals surface area contributed by atoms with E-state index in [0.29, 0.717) is 6.54 Å². The molecule has 1 saturated heterocycles. The van der Waals surface area contributed by atoms with Gasteiger partial charge in [0.05, 0.1) is 0 Å². The molecule has 100 valence electrons. The number of hydrogen-bond acceptors (Lipinski definition) is 2. The van der Waals surface area contributed by atoms with Crippen molar-refractivity contribution in [3.63, 3.8) is 0 Å². The van der Waals surface area contributed by atoms with Gasteiger partial charge in [-0.15, -0.1) is 0 Å². The van der Waals surface area contributed by atoms with Crippen molar-refractivity contribution in [3.05, 3.63) is 28.2 Å². The molecule has 18 heavy (non-hydrogen) atoms. The van der Waals surface area contributed by atoms with Crippen LogP contribution in [-0.4, -0.2) is 13.1 Å². The van der Waals surface area contributed by atoms with Crippen LogP contribution < -0.4 is 10.6 Å². The number of nitrogens with zero attached hydrogens (tertiary/aromatic N) is 1. The average molecular weight is 311 g/mol. The molecule has 0 aromatic heterocycles.